The number of fused-ring (bicyclic) bond motifs is 7. The maximum absolute atomic E-state index is 4.67. The van der Waals surface area contributed by atoms with Crippen LogP contribution in [0.5, 0.6) is 0 Å². The minimum atomic E-state index is 0.444. The fourth-order valence-electron chi connectivity index (χ4n) is 4.03. The first kappa shape index (κ1) is 13.6. The van der Waals surface area contributed by atoms with Crippen LogP contribution in [0.25, 0.3) is 38.1 Å². The third-order valence-corrected chi connectivity index (χ3v) is 4.98. The Balaban J connectivity index is 2.21. The summed E-state index contributed by atoms with van der Waals surface area (Å²) in [4.78, 5) is 4.67. The van der Waals surface area contributed by atoms with Crippen LogP contribution in [-0.2, 0) is 0 Å². The third-order valence-electron chi connectivity index (χ3n) is 4.98. The predicted octanol–water partition coefficient (Wildman–Crippen LogP) is 5.92. The average molecular weight is 310 g/mol. The molecule has 0 fully saturated rings. The number of rotatable bonds is 1. The van der Waals surface area contributed by atoms with Crippen molar-refractivity contribution in [2.75, 3.05) is 0 Å². The van der Waals surface area contributed by atoms with Crippen LogP contribution in [0.1, 0.15) is 25.3 Å². The van der Waals surface area contributed by atoms with Crippen LogP contribution in [0.2, 0.25) is 0 Å². The molecule has 0 unspecified atom stereocenters. The molecular weight excluding hydrogens is 292 g/mol. The molecule has 2 aromatic heterocycles. The molecular formula is C22H18N2. The highest BCUT2D eigenvalue weighted by Gasteiger charge is 2.17. The zero-order valence-electron chi connectivity index (χ0n) is 13.8. The van der Waals surface area contributed by atoms with Gasteiger partial charge in [0.25, 0.3) is 0 Å². The Kier molecular flexibility index (Phi) is 2.72. The molecule has 0 saturated carbocycles. The molecule has 0 spiro atoms. The van der Waals surface area contributed by atoms with Gasteiger partial charge in [-0.2, -0.15) is 0 Å². The molecule has 3 aromatic carbocycles. The van der Waals surface area contributed by atoms with E-state index in [1.165, 1.54) is 38.0 Å². The summed E-state index contributed by atoms with van der Waals surface area (Å²) in [5, 5.41) is 6.52. The van der Waals surface area contributed by atoms with Crippen LogP contribution in [0.3, 0.4) is 0 Å². The normalized spacial score (nSPS) is 12.1. The van der Waals surface area contributed by atoms with Crippen LogP contribution in [0.4, 0.5) is 0 Å². The van der Waals surface area contributed by atoms with E-state index in [0.29, 0.717) is 5.92 Å². The number of nitrogens with zero attached hydrogens (tertiary/aromatic N) is 2. The van der Waals surface area contributed by atoms with Gasteiger partial charge in [-0.05, 0) is 39.8 Å². The van der Waals surface area contributed by atoms with Crippen LogP contribution >= 0.6 is 0 Å². The van der Waals surface area contributed by atoms with Crippen molar-refractivity contribution in [3.05, 3.63) is 72.6 Å². The zero-order chi connectivity index (χ0) is 16.3. The van der Waals surface area contributed by atoms with Crippen molar-refractivity contribution >= 4 is 38.1 Å². The van der Waals surface area contributed by atoms with Gasteiger partial charge in [-0.1, -0.05) is 56.3 Å². The van der Waals surface area contributed by atoms with Gasteiger partial charge in [-0.25, -0.2) is 4.98 Å². The molecule has 5 rings (SSSR count). The molecule has 2 nitrogen and oxygen atoms in total. The number of hydrogen-bond donors (Lipinski definition) is 0. The quantitative estimate of drug-likeness (QED) is 0.277. The lowest BCUT2D eigenvalue weighted by molar-refractivity contribution is 0.886. The Morgan fingerprint density at radius 1 is 0.875 bits per heavy atom. The van der Waals surface area contributed by atoms with Gasteiger partial charge in [-0.15, -0.1) is 0 Å². The van der Waals surface area contributed by atoms with E-state index in [4.69, 9.17) is 0 Å². The van der Waals surface area contributed by atoms with Gasteiger partial charge in [0.15, 0.2) is 0 Å². The second-order valence-electron chi connectivity index (χ2n) is 6.73. The highest BCUT2D eigenvalue weighted by Crippen LogP contribution is 2.39. The SMILES string of the molecule is CC(C)c1c2ccccc2cc2c1c1ccccc1n1ccnc21. The van der Waals surface area contributed by atoms with Crippen molar-refractivity contribution in [3.63, 3.8) is 0 Å². The lowest BCUT2D eigenvalue weighted by Crippen LogP contribution is -1.97. The van der Waals surface area contributed by atoms with Gasteiger partial charge in [0.05, 0.1) is 5.52 Å². The molecule has 0 amide bonds. The second kappa shape index (κ2) is 4.81. The van der Waals surface area contributed by atoms with E-state index < -0.39 is 0 Å². The van der Waals surface area contributed by atoms with Crippen molar-refractivity contribution in [1.82, 2.24) is 9.38 Å². The lowest BCUT2D eigenvalue weighted by Gasteiger charge is -2.17. The summed E-state index contributed by atoms with van der Waals surface area (Å²) in [7, 11) is 0. The molecule has 0 aliphatic heterocycles. The number of imidazole rings is 1. The minimum Gasteiger partial charge on any atom is -0.299 e. The van der Waals surface area contributed by atoms with Gasteiger partial charge in [0.2, 0.25) is 0 Å². The van der Waals surface area contributed by atoms with Crippen LogP contribution in [0.15, 0.2) is 67.0 Å². The third kappa shape index (κ3) is 1.68. The van der Waals surface area contributed by atoms with Crippen LogP contribution < -0.4 is 0 Å². The minimum absolute atomic E-state index is 0.444. The molecule has 0 aliphatic carbocycles. The van der Waals surface area contributed by atoms with Gasteiger partial charge < -0.3 is 0 Å². The van der Waals surface area contributed by atoms with Crippen LogP contribution in [-0.4, -0.2) is 9.38 Å². The first-order valence-corrected chi connectivity index (χ1v) is 8.45. The summed E-state index contributed by atoms with van der Waals surface area (Å²) >= 11 is 0. The first-order chi connectivity index (χ1) is 11.8. The molecule has 116 valence electrons. The summed E-state index contributed by atoms with van der Waals surface area (Å²) < 4.78 is 2.20. The topological polar surface area (TPSA) is 17.3 Å². The van der Waals surface area contributed by atoms with Crippen molar-refractivity contribution in [2.45, 2.75) is 19.8 Å². The Morgan fingerprint density at radius 3 is 2.46 bits per heavy atom. The zero-order valence-corrected chi connectivity index (χ0v) is 13.8. The predicted molar refractivity (Wildman–Crippen MR) is 102 cm³/mol. The molecule has 0 N–H and O–H groups in total. The monoisotopic (exact) mass is 310 g/mol. The van der Waals surface area contributed by atoms with Gasteiger partial charge >= 0.3 is 0 Å². The van der Waals surface area contributed by atoms with E-state index in [-0.39, 0.29) is 0 Å². The Hall–Kier alpha value is -2.87. The van der Waals surface area contributed by atoms with E-state index >= 15 is 0 Å². The fraction of sp³-hybridized carbons (Fsp3) is 0.136. The van der Waals surface area contributed by atoms with Crippen LogP contribution in [0, 0.1) is 0 Å². The molecule has 0 aliphatic rings. The van der Waals surface area contributed by atoms with Crippen molar-refractivity contribution in [1.29, 1.82) is 0 Å². The molecule has 5 aromatic rings. The fourth-order valence-corrected chi connectivity index (χ4v) is 4.03. The highest BCUT2D eigenvalue weighted by molar-refractivity contribution is 6.18. The van der Waals surface area contributed by atoms with Crippen molar-refractivity contribution in [2.24, 2.45) is 0 Å². The summed E-state index contributed by atoms with van der Waals surface area (Å²) in [5.41, 5.74) is 3.68. The van der Waals surface area contributed by atoms with Crippen molar-refractivity contribution in [3.8, 4) is 0 Å². The molecule has 0 radical (unpaired) electrons. The Morgan fingerprint density at radius 2 is 1.62 bits per heavy atom. The summed E-state index contributed by atoms with van der Waals surface area (Å²) in [5.74, 6) is 0.444. The van der Waals surface area contributed by atoms with E-state index in [0.717, 1.165) is 5.65 Å². The molecule has 0 saturated heterocycles. The highest BCUT2D eigenvalue weighted by atomic mass is 15.0. The van der Waals surface area contributed by atoms with Gasteiger partial charge in [-0.3, -0.25) is 4.40 Å². The van der Waals surface area contributed by atoms with E-state index in [1.54, 1.807) is 0 Å². The van der Waals surface area contributed by atoms with E-state index in [9.17, 15) is 0 Å². The Bertz CT molecular complexity index is 1230. The standard InChI is InChI=1S/C22H18N2/c1-14(2)20-16-8-4-3-7-15(16)13-18-21(20)17-9-5-6-10-19(17)24-12-11-23-22(18)24/h3-14H,1-2H3. The second-order valence-corrected chi connectivity index (χ2v) is 6.73. The molecule has 0 atom stereocenters. The molecule has 2 heteroatoms. The summed E-state index contributed by atoms with van der Waals surface area (Å²) in [6.45, 7) is 4.57. The first-order valence-electron chi connectivity index (χ1n) is 8.45. The summed E-state index contributed by atoms with van der Waals surface area (Å²) in [6.07, 6.45) is 3.95. The summed E-state index contributed by atoms with van der Waals surface area (Å²) in [6, 6.07) is 19.6. The van der Waals surface area contributed by atoms with E-state index in [2.05, 4.69) is 84.0 Å². The molecule has 2 heterocycles. The number of hydrogen-bond acceptors (Lipinski definition) is 1. The molecule has 0 bridgehead atoms. The number of aromatic nitrogens is 2. The number of para-hydroxylation sites is 1. The average Bonchev–Trinajstić information content (AvgIpc) is 3.10. The maximum Gasteiger partial charge on any atom is 0.145 e. The smallest absolute Gasteiger partial charge is 0.145 e. The Labute approximate surface area is 140 Å². The largest absolute Gasteiger partial charge is 0.299 e. The maximum atomic E-state index is 4.67. The number of benzene rings is 3. The van der Waals surface area contributed by atoms with Gasteiger partial charge in [0, 0.05) is 23.2 Å². The van der Waals surface area contributed by atoms with Crippen molar-refractivity contribution < 1.29 is 0 Å². The number of pyridine rings is 1. The lowest BCUT2D eigenvalue weighted by atomic mass is 9.88. The van der Waals surface area contributed by atoms with E-state index in [1.807, 2.05) is 6.20 Å². The van der Waals surface area contributed by atoms with Gasteiger partial charge in [0.1, 0.15) is 5.65 Å². The molecule has 24 heavy (non-hydrogen) atoms.